The van der Waals surface area contributed by atoms with Crippen LogP contribution in [-0.4, -0.2) is 37.6 Å². The zero-order valence-electron chi connectivity index (χ0n) is 12.8. The molecule has 0 amide bonds. The molecule has 0 aliphatic heterocycles. The number of ketones is 1. The molecule has 0 atom stereocenters. The number of hydrogen-bond donors (Lipinski definition) is 3. The van der Waals surface area contributed by atoms with Gasteiger partial charge in [-0.15, -0.1) is 0 Å². The molecule has 0 aliphatic carbocycles. The molecule has 0 spiro atoms. The fourth-order valence-electron chi connectivity index (χ4n) is 1.81. The van der Waals surface area contributed by atoms with Crippen LogP contribution in [0.15, 0.2) is 38.9 Å². The van der Waals surface area contributed by atoms with Gasteiger partial charge >= 0.3 is 5.97 Å². The molecular weight excluding hydrogens is 404 g/mol. The van der Waals surface area contributed by atoms with E-state index in [-0.39, 0.29) is 26.2 Å². The highest BCUT2D eigenvalue weighted by Crippen LogP contribution is 2.21. The first-order valence-corrected chi connectivity index (χ1v) is 8.77. The molecule has 0 unspecified atom stereocenters. The van der Waals surface area contributed by atoms with Crippen molar-refractivity contribution in [2.24, 2.45) is 5.14 Å². The highest BCUT2D eigenvalue weighted by molar-refractivity contribution is 9.10. The topological polar surface area (TPSA) is 148 Å². The van der Waals surface area contributed by atoms with Gasteiger partial charge in [0.25, 0.3) is 0 Å². The lowest BCUT2D eigenvalue weighted by molar-refractivity contribution is -0.113. The first kappa shape index (κ1) is 20.0. The van der Waals surface area contributed by atoms with E-state index in [9.17, 15) is 23.1 Å². The summed E-state index contributed by atoms with van der Waals surface area (Å²) in [7, 11) is -4.00. The van der Waals surface area contributed by atoms with E-state index in [1.54, 1.807) is 0 Å². The number of carbonyl (C=O) groups excluding carboxylic acids is 2. The molecular formula is C14H15BrN2O6S. The number of nitrogens with one attached hydrogen (secondary N) is 1. The highest BCUT2D eigenvalue weighted by Gasteiger charge is 2.19. The van der Waals surface area contributed by atoms with Crippen molar-refractivity contribution in [1.82, 2.24) is 0 Å². The molecule has 0 aromatic heterocycles. The monoisotopic (exact) mass is 418 g/mol. The first-order valence-electron chi connectivity index (χ1n) is 6.43. The second kappa shape index (κ2) is 7.69. The quantitative estimate of drug-likeness (QED) is 0.277. The predicted molar refractivity (Wildman–Crippen MR) is 89.5 cm³/mol. The molecule has 1 aromatic rings. The third kappa shape index (κ3) is 4.98. The predicted octanol–water partition coefficient (Wildman–Crippen LogP) is 1.69. The number of aliphatic hydroxyl groups excluding tert-OH is 1. The van der Waals surface area contributed by atoms with E-state index >= 15 is 0 Å². The van der Waals surface area contributed by atoms with E-state index in [4.69, 9.17) is 15.3 Å². The summed E-state index contributed by atoms with van der Waals surface area (Å²) in [4.78, 5) is 23.1. The van der Waals surface area contributed by atoms with Crippen LogP contribution in [0.5, 0.6) is 0 Å². The maximum Gasteiger partial charge on any atom is 0.339 e. The Hall–Kier alpha value is -2.04. The van der Waals surface area contributed by atoms with Crippen molar-refractivity contribution < 1.29 is 27.9 Å². The van der Waals surface area contributed by atoms with E-state index in [0.29, 0.717) is 0 Å². The number of Topliss-reactive ketones (excluding diaryl/α,β-unsaturated/α-hetero) is 1. The van der Waals surface area contributed by atoms with Gasteiger partial charge in [-0.1, -0.05) is 0 Å². The van der Waals surface area contributed by atoms with Crippen molar-refractivity contribution in [3.63, 3.8) is 0 Å². The van der Waals surface area contributed by atoms with Crippen molar-refractivity contribution >= 4 is 43.4 Å². The van der Waals surface area contributed by atoms with Crippen molar-refractivity contribution in [2.75, 3.05) is 6.61 Å². The lowest BCUT2D eigenvalue weighted by atomic mass is 10.1. The summed E-state index contributed by atoms with van der Waals surface area (Å²) in [5, 5.41) is 22.2. The number of nitrogens with two attached hydrogens (primary N) is 1. The number of esters is 1. The number of rotatable bonds is 6. The first-order chi connectivity index (χ1) is 10.9. The van der Waals surface area contributed by atoms with Crippen molar-refractivity contribution in [2.45, 2.75) is 18.7 Å². The van der Waals surface area contributed by atoms with Crippen LogP contribution >= 0.6 is 15.9 Å². The largest absolute Gasteiger partial charge is 0.508 e. The summed E-state index contributed by atoms with van der Waals surface area (Å²) < 4.78 is 27.8. The van der Waals surface area contributed by atoms with Crippen LogP contribution in [0.4, 0.5) is 0 Å². The van der Waals surface area contributed by atoms with Gasteiger partial charge in [-0.05, 0) is 48.0 Å². The van der Waals surface area contributed by atoms with E-state index in [2.05, 4.69) is 15.9 Å². The molecule has 0 heterocycles. The van der Waals surface area contributed by atoms with E-state index < -0.39 is 34.1 Å². The summed E-state index contributed by atoms with van der Waals surface area (Å²) in [6, 6.07) is 3.55. The smallest absolute Gasteiger partial charge is 0.339 e. The van der Waals surface area contributed by atoms with Gasteiger partial charge in [0, 0.05) is 10.2 Å². The van der Waals surface area contributed by atoms with Crippen LogP contribution in [0.1, 0.15) is 24.2 Å². The summed E-state index contributed by atoms with van der Waals surface area (Å²) in [6.07, 6.45) is 0. The van der Waals surface area contributed by atoms with E-state index in [1.165, 1.54) is 19.1 Å². The Morgan fingerprint density at radius 2 is 1.92 bits per heavy atom. The van der Waals surface area contributed by atoms with Crippen LogP contribution in [0.25, 0.3) is 0 Å². The SMILES string of the molecule is CC(=N)/C(C(C)=O)=C(/O)COC(=O)c1cc(S(N)(=O)=O)ccc1Br. The summed E-state index contributed by atoms with van der Waals surface area (Å²) in [6.45, 7) is 1.83. The molecule has 0 radical (unpaired) electrons. The molecule has 0 saturated carbocycles. The van der Waals surface area contributed by atoms with Gasteiger partial charge in [0.15, 0.2) is 5.78 Å². The number of halogens is 1. The van der Waals surface area contributed by atoms with Crippen molar-refractivity contribution in [3.8, 4) is 0 Å². The Kier molecular flexibility index (Phi) is 6.41. The normalized spacial score (nSPS) is 12.3. The van der Waals surface area contributed by atoms with Gasteiger partial charge in [0.05, 0.1) is 16.0 Å². The second-order valence-electron chi connectivity index (χ2n) is 4.77. The molecule has 0 fully saturated rings. The molecule has 0 bridgehead atoms. The maximum atomic E-state index is 12.1. The van der Waals surface area contributed by atoms with E-state index in [0.717, 1.165) is 13.0 Å². The minimum absolute atomic E-state index is 0.120. The third-order valence-electron chi connectivity index (χ3n) is 2.84. The summed E-state index contributed by atoms with van der Waals surface area (Å²) in [5.74, 6) is -2.06. The molecule has 0 saturated heterocycles. The highest BCUT2D eigenvalue weighted by atomic mass is 79.9. The Labute approximate surface area is 147 Å². The Morgan fingerprint density at radius 3 is 2.38 bits per heavy atom. The van der Waals surface area contributed by atoms with Crippen LogP contribution in [0.2, 0.25) is 0 Å². The van der Waals surface area contributed by atoms with Gasteiger partial charge in [0.2, 0.25) is 10.0 Å². The Morgan fingerprint density at radius 1 is 1.33 bits per heavy atom. The van der Waals surface area contributed by atoms with Crippen LogP contribution < -0.4 is 5.14 Å². The number of hydrogen-bond acceptors (Lipinski definition) is 7. The number of aliphatic hydroxyl groups is 1. The van der Waals surface area contributed by atoms with Crippen molar-refractivity contribution in [3.05, 3.63) is 39.6 Å². The molecule has 10 heteroatoms. The van der Waals surface area contributed by atoms with Gasteiger partial charge in [-0.3, -0.25) is 4.79 Å². The number of ether oxygens (including phenoxy) is 1. The molecule has 1 aromatic carbocycles. The molecule has 0 aliphatic rings. The average Bonchev–Trinajstić information content (AvgIpc) is 2.43. The zero-order chi connectivity index (χ0) is 18.7. The number of benzene rings is 1. The minimum atomic E-state index is -4.00. The maximum absolute atomic E-state index is 12.1. The fraction of sp³-hybridized carbons (Fsp3) is 0.214. The minimum Gasteiger partial charge on any atom is -0.508 e. The van der Waals surface area contributed by atoms with Gasteiger partial charge in [-0.2, -0.15) is 0 Å². The molecule has 24 heavy (non-hydrogen) atoms. The standard InChI is InChI=1S/C14H15BrN2O6S/c1-7(16)13(8(2)18)12(19)6-23-14(20)10-5-9(24(17,21)22)3-4-11(10)15/h3-5,16,19H,6H2,1-2H3,(H2,17,21,22)/b13-12-,16-7?. The number of carbonyl (C=O) groups is 2. The molecule has 4 N–H and O–H groups in total. The molecule has 8 nitrogen and oxygen atoms in total. The summed E-state index contributed by atoms with van der Waals surface area (Å²) in [5.41, 5.74) is -0.543. The third-order valence-corrected chi connectivity index (χ3v) is 4.44. The zero-order valence-corrected chi connectivity index (χ0v) is 15.2. The lowest BCUT2D eigenvalue weighted by Gasteiger charge is -2.10. The van der Waals surface area contributed by atoms with E-state index in [1.807, 2.05) is 0 Å². The van der Waals surface area contributed by atoms with Gasteiger partial charge in [-0.25, -0.2) is 18.4 Å². The van der Waals surface area contributed by atoms with Gasteiger partial charge in [0.1, 0.15) is 12.4 Å². The number of allylic oxidation sites excluding steroid dienone is 1. The van der Waals surface area contributed by atoms with Crippen LogP contribution in [-0.2, 0) is 19.6 Å². The molecule has 1 rings (SSSR count). The van der Waals surface area contributed by atoms with Crippen LogP contribution in [0, 0.1) is 5.41 Å². The van der Waals surface area contributed by atoms with Gasteiger partial charge < -0.3 is 15.3 Å². The Bertz CT molecular complexity index is 829. The van der Waals surface area contributed by atoms with Crippen molar-refractivity contribution in [1.29, 1.82) is 5.41 Å². The number of sulfonamides is 1. The lowest BCUT2D eigenvalue weighted by Crippen LogP contribution is -2.16. The summed E-state index contributed by atoms with van der Waals surface area (Å²) >= 11 is 3.08. The van der Waals surface area contributed by atoms with Crippen LogP contribution in [0.3, 0.4) is 0 Å². The average molecular weight is 419 g/mol. The second-order valence-corrected chi connectivity index (χ2v) is 7.18. The number of primary sulfonamides is 1. The molecule has 130 valence electrons. The fourth-order valence-corrected chi connectivity index (χ4v) is 2.75. The Balaban J connectivity index is 3.07.